The van der Waals surface area contributed by atoms with Crippen LogP contribution in [-0.2, 0) is 4.79 Å². The van der Waals surface area contributed by atoms with E-state index >= 15 is 0 Å². The topological polar surface area (TPSA) is 50.7 Å². The van der Waals surface area contributed by atoms with E-state index < -0.39 is 0 Å². The van der Waals surface area contributed by atoms with Gasteiger partial charge < -0.3 is 10.1 Å². The van der Waals surface area contributed by atoms with Crippen LogP contribution in [0.4, 0.5) is 11.4 Å². The summed E-state index contributed by atoms with van der Waals surface area (Å²) in [7, 11) is 0. The Bertz CT molecular complexity index is 734. The van der Waals surface area contributed by atoms with Gasteiger partial charge in [0.1, 0.15) is 23.1 Å². The second-order valence-electron chi connectivity index (χ2n) is 4.61. The summed E-state index contributed by atoms with van der Waals surface area (Å²) < 4.78 is 5.60. The predicted octanol–water partition coefficient (Wildman–Crippen LogP) is 4.13. The quantitative estimate of drug-likeness (QED) is 0.919. The molecule has 1 heterocycles. The van der Waals surface area contributed by atoms with Crippen LogP contribution >= 0.6 is 23.4 Å². The smallest absolute Gasteiger partial charge is 0.234 e. The Morgan fingerprint density at radius 1 is 1.27 bits per heavy atom. The van der Waals surface area contributed by atoms with E-state index in [1.165, 1.54) is 11.8 Å². The van der Waals surface area contributed by atoms with Crippen LogP contribution in [-0.4, -0.2) is 23.3 Å². The maximum absolute atomic E-state index is 11.9. The number of carbonyl (C=O) groups excluding carboxylic acids is 1. The van der Waals surface area contributed by atoms with E-state index in [9.17, 15) is 4.79 Å². The van der Waals surface area contributed by atoms with Gasteiger partial charge in [-0.2, -0.15) is 0 Å². The van der Waals surface area contributed by atoms with E-state index in [0.717, 1.165) is 16.5 Å². The van der Waals surface area contributed by atoms with Crippen LogP contribution in [0.5, 0.6) is 5.75 Å². The van der Waals surface area contributed by atoms with E-state index in [4.69, 9.17) is 16.3 Å². The molecule has 0 unspecified atom stereocenters. The molecule has 1 aliphatic heterocycles. The number of para-hydroxylation sites is 2. The van der Waals surface area contributed by atoms with Gasteiger partial charge in [-0.3, -0.25) is 4.79 Å². The summed E-state index contributed by atoms with van der Waals surface area (Å²) in [5.74, 6) is 0.945. The molecular weight excluding hydrogens is 320 g/mol. The highest BCUT2D eigenvalue weighted by Gasteiger charge is 2.14. The number of ether oxygens (including phenoxy) is 1. The molecule has 6 heteroatoms. The molecule has 1 N–H and O–H groups in total. The van der Waals surface area contributed by atoms with Gasteiger partial charge in [-0.1, -0.05) is 41.6 Å². The molecule has 0 aliphatic carbocycles. The first-order valence-corrected chi connectivity index (χ1v) is 8.05. The standard InChI is InChI=1S/C16H13ClN2O2S/c17-11-4-3-5-12(8-11)18-15(20)10-22-16-9-21-14-7-2-1-6-13(14)19-16/h1-8H,9-10H2,(H,18,20). The zero-order valence-electron chi connectivity index (χ0n) is 11.6. The highest BCUT2D eigenvalue weighted by Crippen LogP contribution is 2.31. The van der Waals surface area contributed by atoms with Crippen LogP contribution in [0.3, 0.4) is 0 Å². The van der Waals surface area contributed by atoms with Crippen molar-refractivity contribution in [2.24, 2.45) is 4.99 Å². The Morgan fingerprint density at radius 2 is 2.14 bits per heavy atom. The Labute approximate surface area is 137 Å². The SMILES string of the molecule is O=C(CSC1=Nc2ccccc2OC1)Nc1cccc(Cl)c1. The van der Waals surface area contributed by atoms with Crippen molar-refractivity contribution in [2.45, 2.75) is 0 Å². The molecule has 0 bridgehead atoms. The molecule has 0 saturated heterocycles. The zero-order valence-corrected chi connectivity index (χ0v) is 13.2. The highest BCUT2D eigenvalue weighted by atomic mass is 35.5. The first-order valence-electron chi connectivity index (χ1n) is 6.68. The highest BCUT2D eigenvalue weighted by molar-refractivity contribution is 8.14. The molecule has 0 fully saturated rings. The van der Waals surface area contributed by atoms with Crippen LogP contribution in [0.25, 0.3) is 0 Å². The molecule has 3 rings (SSSR count). The largest absolute Gasteiger partial charge is 0.484 e. The van der Waals surface area contributed by atoms with Crippen molar-refractivity contribution >= 4 is 45.7 Å². The Balaban J connectivity index is 1.57. The minimum Gasteiger partial charge on any atom is -0.484 e. The van der Waals surface area contributed by atoms with E-state index in [2.05, 4.69) is 10.3 Å². The lowest BCUT2D eigenvalue weighted by atomic mass is 10.3. The van der Waals surface area contributed by atoms with Gasteiger partial charge in [0.15, 0.2) is 0 Å². The number of nitrogens with zero attached hydrogens (tertiary/aromatic N) is 1. The lowest BCUT2D eigenvalue weighted by Crippen LogP contribution is -2.18. The summed E-state index contributed by atoms with van der Waals surface area (Å²) in [4.78, 5) is 16.4. The van der Waals surface area contributed by atoms with Gasteiger partial charge in [0.25, 0.3) is 0 Å². The van der Waals surface area contributed by atoms with Crippen LogP contribution in [0, 0.1) is 0 Å². The van der Waals surface area contributed by atoms with Gasteiger partial charge in [-0.05, 0) is 30.3 Å². The van der Waals surface area contributed by atoms with Crippen molar-refractivity contribution in [1.29, 1.82) is 0 Å². The van der Waals surface area contributed by atoms with E-state index in [-0.39, 0.29) is 11.7 Å². The molecule has 4 nitrogen and oxygen atoms in total. The number of amides is 1. The summed E-state index contributed by atoms with van der Waals surface area (Å²) >= 11 is 7.26. The van der Waals surface area contributed by atoms with Gasteiger partial charge >= 0.3 is 0 Å². The zero-order chi connectivity index (χ0) is 15.4. The summed E-state index contributed by atoms with van der Waals surface area (Å²) in [5, 5.41) is 4.18. The predicted molar refractivity (Wildman–Crippen MR) is 91.6 cm³/mol. The summed E-state index contributed by atoms with van der Waals surface area (Å²) in [6.45, 7) is 0.395. The first-order chi connectivity index (χ1) is 10.7. The number of hydrogen-bond acceptors (Lipinski definition) is 4. The van der Waals surface area contributed by atoms with Crippen molar-refractivity contribution in [3.8, 4) is 5.75 Å². The third kappa shape index (κ3) is 3.81. The molecule has 0 saturated carbocycles. The van der Waals surface area contributed by atoms with Gasteiger partial charge in [0.05, 0.1) is 5.75 Å². The maximum atomic E-state index is 11.9. The molecule has 22 heavy (non-hydrogen) atoms. The lowest BCUT2D eigenvalue weighted by molar-refractivity contribution is -0.113. The molecule has 0 atom stereocenters. The molecular formula is C16H13ClN2O2S. The Kier molecular flexibility index (Phi) is 4.65. The number of hydrogen-bond donors (Lipinski definition) is 1. The monoisotopic (exact) mass is 332 g/mol. The number of halogens is 1. The van der Waals surface area contributed by atoms with Gasteiger partial charge in [-0.15, -0.1) is 0 Å². The van der Waals surface area contributed by atoms with Crippen LogP contribution < -0.4 is 10.1 Å². The summed E-state index contributed by atoms with van der Waals surface area (Å²) in [6.07, 6.45) is 0. The molecule has 0 aromatic heterocycles. The number of aliphatic imine (C=N–C) groups is 1. The Morgan fingerprint density at radius 3 is 3.00 bits per heavy atom. The fraction of sp³-hybridized carbons (Fsp3) is 0.125. The molecule has 0 radical (unpaired) electrons. The number of anilines is 1. The van der Waals surface area contributed by atoms with Gasteiger partial charge in [0.2, 0.25) is 5.91 Å². The van der Waals surface area contributed by atoms with Gasteiger partial charge in [-0.25, -0.2) is 4.99 Å². The molecule has 1 amide bonds. The molecule has 2 aromatic carbocycles. The van der Waals surface area contributed by atoms with Gasteiger partial charge in [0, 0.05) is 10.7 Å². The number of nitrogens with one attached hydrogen (secondary N) is 1. The van der Waals surface area contributed by atoms with E-state index in [1.807, 2.05) is 24.3 Å². The maximum Gasteiger partial charge on any atom is 0.234 e. The number of thioether (sulfide) groups is 1. The molecule has 2 aromatic rings. The van der Waals surface area contributed by atoms with Crippen LogP contribution in [0.15, 0.2) is 53.5 Å². The van der Waals surface area contributed by atoms with Crippen LogP contribution in [0.1, 0.15) is 0 Å². The minimum atomic E-state index is -0.103. The van der Waals surface area contributed by atoms with Crippen molar-refractivity contribution in [1.82, 2.24) is 0 Å². The lowest BCUT2D eigenvalue weighted by Gasteiger charge is -2.16. The third-order valence-electron chi connectivity index (χ3n) is 2.94. The number of fused-ring (bicyclic) bond motifs is 1. The Hall–Kier alpha value is -1.98. The average molecular weight is 333 g/mol. The van der Waals surface area contributed by atoms with Crippen molar-refractivity contribution in [3.63, 3.8) is 0 Å². The summed E-state index contributed by atoms with van der Waals surface area (Å²) in [6, 6.07) is 14.6. The number of rotatable bonds is 3. The minimum absolute atomic E-state index is 0.103. The fourth-order valence-corrected chi connectivity index (χ4v) is 2.83. The molecule has 0 spiro atoms. The fourth-order valence-electron chi connectivity index (χ4n) is 1.96. The third-order valence-corrected chi connectivity index (χ3v) is 4.12. The number of benzene rings is 2. The molecule has 112 valence electrons. The second kappa shape index (κ2) is 6.85. The summed E-state index contributed by atoms with van der Waals surface area (Å²) in [5.41, 5.74) is 1.48. The van der Waals surface area contributed by atoms with E-state index in [1.54, 1.807) is 24.3 Å². The van der Waals surface area contributed by atoms with Crippen molar-refractivity contribution in [2.75, 3.05) is 17.7 Å². The second-order valence-corrected chi connectivity index (χ2v) is 6.09. The van der Waals surface area contributed by atoms with Crippen molar-refractivity contribution < 1.29 is 9.53 Å². The van der Waals surface area contributed by atoms with Crippen LogP contribution in [0.2, 0.25) is 5.02 Å². The first kappa shape index (κ1) is 14.9. The number of carbonyl (C=O) groups is 1. The van der Waals surface area contributed by atoms with E-state index in [0.29, 0.717) is 17.3 Å². The van der Waals surface area contributed by atoms with Crippen molar-refractivity contribution in [3.05, 3.63) is 53.6 Å². The average Bonchev–Trinajstić information content (AvgIpc) is 2.53. The molecule has 1 aliphatic rings. The normalized spacial score (nSPS) is 12.9.